The lowest BCUT2D eigenvalue weighted by atomic mass is 10.00. The van der Waals surface area contributed by atoms with Gasteiger partial charge in [0.25, 0.3) is 0 Å². The lowest BCUT2D eigenvalue weighted by Crippen LogP contribution is -2.45. The zero-order valence-corrected chi connectivity index (χ0v) is 9.95. The summed E-state index contributed by atoms with van der Waals surface area (Å²) in [5.74, 6) is 0.733. The number of hydrogen-bond acceptors (Lipinski definition) is 3. The van der Waals surface area contributed by atoms with Crippen LogP contribution < -0.4 is 5.32 Å². The highest BCUT2D eigenvalue weighted by atomic mass is 16.5. The lowest BCUT2D eigenvalue weighted by molar-refractivity contribution is 0.0931. The smallest absolute Gasteiger partial charge is 0.317 e. The minimum atomic E-state index is -0.000464. The van der Waals surface area contributed by atoms with E-state index in [9.17, 15) is 4.79 Å². The summed E-state index contributed by atoms with van der Waals surface area (Å²) in [4.78, 5) is 13.5. The topological polar surface area (TPSA) is 61.8 Å². The van der Waals surface area contributed by atoms with Crippen molar-refractivity contribution in [3.63, 3.8) is 0 Å². The number of likely N-dealkylation sites (tertiary alicyclic amines) is 1. The number of piperidine rings is 1. The molecule has 16 heavy (non-hydrogen) atoms. The fraction of sp³-hybridized carbons (Fsp3) is 0.909. The van der Waals surface area contributed by atoms with Crippen LogP contribution >= 0.6 is 0 Å². The number of aliphatic hydroxyl groups is 1. The number of aliphatic hydroxyl groups excluding tert-OH is 1. The Hall–Kier alpha value is -0.810. The Bertz CT molecular complexity index is 203. The van der Waals surface area contributed by atoms with Crippen LogP contribution in [0.25, 0.3) is 0 Å². The van der Waals surface area contributed by atoms with Crippen LogP contribution in [0.5, 0.6) is 0 Å². The Kier molecular flexibility index (Phi) is 6.18. The monoisotopic (exact) mass is 230 g/mol. The van der Waals surface area contributed by atoms with Gasteiger partial charge in [0.05, 0.1) is 19.8 Å². The molecule has 0 aromatic carbocycles. The van der Waals surface area contributed by atoms with E-state index in [1.807, 2.05) is 4.90 Å². The van der Waals surface area contributed by atoms with Crippen LogP contribution in [-0.4, -0.2) is 55.5 Å². The van der Waals surface area contributed by atoms with Crippen LogP contribution in [-0.2, 0) is 4.74 Å². The Morgan fingerprint density at radius 3 is 2.75 bits per heavy atom. The standard InChI is InChI=1S/C11H22N2O3/c1-10-2-5-13(6-3-10)11(15)12-4-8-16-9-7-14/h10,14H,2-9H2,1H3,(H,12,15). The molecule has 0 radical (unpaired) electrons. The van der Waals surface area contributed by atoms with Crippen molar-refractivity contribution in [3.05, 3.63) is 0 Å². The molecule has 0 aromatic rings. The molecule has 1 fully saturated rings. The van der Waals surface area contributed by atoms with Gasteiger partial charge in [0.15, 0.2) is 0 Å². The molecule has 0 aromatic heterocycles. The van der Waals surface area contributed by atoms with Gasteiger partial charge >= 0.3 is 6.03 Å². The number of nitrogens with zero attached hydrogens (tertiary/aromatic N) is 1. The number of rotatable bonds is 5. The molecule has 5 nitrogen and oxygen atoms in total. The summed E-state index contributed by atoms with van der Waals surface area (Å²) in [5, 5.41) is 11.3. The van der Waals surface area contributed by atoms with Gasteiger partial charge in [-0.15, -0.1) is 0 Å². The molecule has 0 saturated carbocycles. The van der Waals surface area contributed by atoms with E-state index in [-0.39, 0.29) is 12.6 Å². The predicted octanol–water partition coefficient (Wildman–Crippen LogP) is 0.437. The second-order valence-electron chi connectivity index (χ2n) is 4.24. The number of amides is 2. The van der Waals surface area contributed by atoms with Crippen LogP contribution in [0, 0.1) is 5.92 Å². The Morgan fingerprint density at radius 1 is 1.44 bits per heavy atom. The van der Waals surface area contributed by atoms with E-state index in [1.54, 1.807) is 0 Å². The van der Waals surface area contributed by atoms with Crippen molar-refractivity contribution in [2.75, 3.05) is 39.5 Å². The zero-order valence-electron chi connectivity index (χ0n) is 9.95. The molecule has 0 unspecified atom stereocenters. The van der Waals surface area contributed by atoms with Gasteiger partial charge < -0.3 is 20.1 Å². The summed E-state index contributed by atoms with van der Waals surface area (Å²) in [6.45, 7) is 5.24. The summed E-state index contributed by atoms with van der Waals surface area (Å²) in [6, 6.07) is -0.000464. The molecular formula is C11H22N2O3. The van der Waals surface area contributed by atoms with Gasteiger partial charge in [-0.1, -0.05) is 6.92 Å². The van der Waals surface area contributed by atoms with Gasteiger partial charge in [-0.05, 0) is 18.8 Å². The van der Waals surface area contributed by atoms with E-state index in [0.29, 0.717) is 19.8 Å². The van der Waals surface area contributed by atoms with E-state index in [4.69, 9.17) is 9.84 Å². The van der Waals surface area contributed by atoms with Gasteiger partial charge in [0, 0.05) is 19.6 Å². The third-order valence-corrected chi connectivity index (χ3v) is 2.83. The largest absolute Gasteiger partial charge is 0.394 e. The number of urea groups is 1. The quantitative estimate of drug-likeness (QED) is 0.674. The van der Waals surface area contributed by atoms with Gasteiger partial charge in [0.1, 0.15) is 0 Å². The third kappa shape index (κ3) is 4.81. The van der Waals surface area contributed by atoms with E-state index >= 15 is 0 Å². The zero-order chi connectivity index (χ0) is 11.8. The first-order valence-corrected chi connectivity index (χ1v) is 5.95. The average Bonchev–Trinajstić information content (AvgIpc) is 2.29. The van der Waals surface area contributed by atoms with Crippen molar-refractivity contribution in [2.45, 2.75) is 19.8 Å². The molecule has 1 aliphatic heterocycles. The van der Waals surface area contributed by atoms with E-state index in [0.717, 1.165) is 31.8 Å². The van der Waals surface area contributed by atoms with E-state index < -0.39 is 0 Å². The Balaban J connectivity index is 2.06. The van der Waals surface area contributed by atoms with Crippen LogP contribution in [0.3, 0.4) is 0 Å². The molecule has 0 aliphatic carbocycles. The van der Waals surface area contributed by atoms with Gasteiger partial charge in [-0.3, -0.25) is 0 Å². The number of carbonyl (C=O) groups excluding carboxylic acids is 1. The number of carbonyl (C=O) groups is 1. The average molecular weight is 230 g/mol. The van der Waals surface area contributed by atoms with Crippen LogP contribution in [0.2, 0.25) is 0 Å². The first kappa shape index (κ1) is 13.3. The second-order valence-corrected chi connectivity index (χ2v) is 4.24. The van der Waals surface area contributed by atoms with Crippen LogP contribution in [0.15, 0.2) is 0 Å². The van der Waals surface area contributed by atoms with Gasteiger partial charge in [-0.2, -0.15) is 0 Å². The fourth-order valence-electron chi connectivity index (χ4n) is 1.72. The predicted molar refractivity (Wildman–Crippen MR) is 61.3 cm³/mol. The van der Waals surface area contributed by atoms with E-state index in [2.05, 4.69) is 12.2 Å². The SMILES string of the molecule is CC1CCN(C(=O)NCCOCCO)CC1. The van der Waals surface area contributed by atoms with Crippen molar-refractivity contribution in [3.8, 4) is 0 Å². The molecule has 2 amide bonds. The molecule has 5 heteroatoms. The molecular weight excluding hydrogens is 208 g/mol. The number of nitrogens with one attached hydrogen (secondary N) is 1. The minimum Gasteiger partial charge on any atom is -0.394 e. The van der Waals surface area contributed by atoms with Gasteiger partial charge in [-0.25, -0.2) is 4.79 Å². The molecule has 1 saturated heterocycles. The highest BCUT2D eigenvalue weighted by Gasteiger charge is 2.19. The summed E-state index contributed by atoms with van der Waals surface area (Å²) in [7, 11) is 0. The molecule has 1 heterocycles. The lowest BCUT2D eigenvalue weighted by Gasteiger charge is -2.30. The molecule has 94 valence electrons. The van der Waals surface area contributed by atoms with Crippen molar-refractivity contribution >= 4 is 6.03 Å². The van der Waals surface area contributed by atoms with Crippen LogP contribution in [0.1, 0.15) is 19.8 Å². The first-order valence-electron chi connectivity index (χ1n) is 5.95. The van der Waals surface area contributed by atoms with E-state index in [1.165, 1.54) is 0 Å². The summed E-state index contributed by atoms with van der Waals surface area (Å²) in [5.41, 5.74) is 0. The molecule has 0 bridgehead atoms. The summed E-state index contributed by atoms with van der Waals surface area (Å²) >= 11 is 0. The van der Waals surface area contributed by atoms with Crippen LogP contribution in [0.4, 0.5) is 4.79 Å². The second kappa shape index (κ2) is 7.46. The van der Waals surface area contributed by atoms with Crippen molar-refractivity contribution in [1.82, 2.24) is 10.2 Å². The normalized spacial score (nSPS) is 17.5. The Labute approximate surface area is 96.8 Å². The highest BCUT2D eigenvalue weighted by Crippen LogP contribution is 2.15. The molecule has 0 spiro atoms. The first-order chi connectivity index (χ1) is 7.74. The Morgan fingerprint density at radius 2 is 2.12 bits per heavy atom. The molecule has 1 aliphatic rings. The third-order valence-electron chi connectivity index (χ3n) is 2.83. The maximum atomic E-state index is 11.6. The molecule has 0 atom stereocenters. The summed E-state index contributed by atoms with van der Waals surface area (Å²) in [6.07, 6.45) is 2.18. The van der Waals surface area contributed by atoms with Crippen molar-refractivity contribution in [2.24, 2.45) is 5.92 Å². The summed E-state index contributed by atoms with van der Waals surface area (Å²) < 4.78 is 5.05. The van der Waals surface area contributed by atoms with Gasteiger partial charge in [0.2, 0.25) is 0 Å². The number of ether oxygens (including phenoxy) is 1. The maximum Gasteiger partial charge on any atom is 0.317 e. The van der Waals surface area contributed by atoms with Crippen molar-refractivity contribution in [1.29, 1.82) is 0 Å². The highest BCUT2D eigenvalue weighted by molar-refractivity contribution is 5.74. The fourth-order valence-corrected chi connectivity index (χ4v) is 1.72. The number of hydrogen-bond donors (Lipinski definition) is 2. The minimum absolute atomic E-state index is 0.000464. The molecule has 1 rings (SSSR count). The van der Waals surface area contributed by atoms with Crippen molar-refractivity contribution < 1.29 is 14.6 Å². The molecule has 2 N–H and O–H groups in total. The maximum absolute atomic E-state index is 11.6.